The van der Waals surface area contributed by atoms with Crippen LogP contribution in [-0.4, -0.2) is 24.6 Å². The van der Waals surface area contributed by atoms with Crippen molar-refractivity contribution in [3.63, 3.8) is 0 Å². The molecule has 4 rings (SSSR count). The summed E-state index contributed by atoms with van der Waals surface area (Å²) in [6.07, 6.45) is 1.76. The number of rotatable bonds is 1. The van der Waals surface area contributed by atoms with Crippen LogP contribution in [-0.2, 0) is 13.2 Å². The van der Waals surface area contributed by atoms with E-state index in [0.717, 1.165) is 16.8 Å². The maximum Gasteiger partial charge on any atom is 0.187 e. The molecule has 0 unspecified atom stereocenters. The lowest BCUT2D eigenvalue weighted by Gasteiger charge is -2.38. The highest BCUT2D eigenvalue weighted by Crippen LogP contribution is 2.42. The lowest BCUT2D eigenvalue weighted by atomic mass is 9.85. The number of aliphatic hydroxyl groups excluding tert-OH is 1. The standard InChI is InChI=1S/C19H21N3O3/c1-19(2,3)16-9-22-18(12-5-4-6-14(24)17(12)20-22)13-7-15(25)11(10-23)8-21(13)16/h4-8,16,23-24H,9-10H2,1-3H3/t16-/m0/s1. The Labute approximate surface area is 145 Å². The Morgan fingerprint density at radius 2 is 2.08 bits per heavy atom. The average molecular weight is 339 g/mol. The maximum absolute atomic E-state index is 12.4. The fourth-order valence-corrected chi connectivity index (χ4v) is 3.64. The summed E-state index contributed by atoms with van der Waals surface area (Å²) in [5.41, 5.74) is 2.25. The fraction of sp³-hybridized carbons (Fsp3) is 0.368. The molecule has 6 heteroatoms. The Bertz CT molecular complexity index is 1040. The van der Waals surface area contributed by atoms with E-state index in [0.29, 0.717) is 17.6 Å². The number of aliphatic hydroxyl groups is 1. The van der Waals surface area contributed by atoms with Gasteiger partial charge in [-0.1, -0.05) is 32.9 Å². The van der Waals surface area contributed by atoms with Crippen molar-refractivity contribution in [2.75, 3.05) is 0 Å². The van der Waals surface area contributed by atoms with Gasteiger partial charge >= 0.3 is 0 Å². The summed E-state index contributed by atoms with van der Waals surface area (Å²) in [5.74, 6) is 0.132. The van der Waals surface area contributed by atoms with Crippen molar-refractivity contribution in [3.05, 3.63) is 46.2 Å². The van der Waals surface area contributed by atoms with E-state index in [1.807, 2.05) is 10.7 Å². The van der Waals surface area contributed by atoms with E-state index in [1.54, 1.807) is 24.4 Å². The van der Waals surface area contributed by atoms with Crippen LogP contribution in [0.5, 0.6) is 5.75 Å². The smallest absolute Gasteiger partial charge is 0.187 e. The summed E-state index contributed by atoms with van der Waals surface area (Å²) in [5, 5.41) is 25.1. The number of phenolic OH excluding ortho intramolecular Hbond substituents is 1. The summed E-state index contributed by atoms with van der Waals surface area (Å²) < 4.78 is 3.96. The van der Waals surface area contributed by atoms with Gasteiger partial charge in [0.2, 0.25) is 0 Å². The monoisotopic (exact) mass is 339 g/mol. The van der Waals surface area contributed by atoms with Gasteiger partial charge in [0.1, 0.15) is 11.3 Å². The average Bonchev–Trinajstić information content (AvgIpc) is 2.93. The second kappa shape index (κ2) is 5.20. The molecular formula is C19H21N3O3. The lowest BCUT2D eigenvalue weighted by Crippen LogP contribution is -2.35. The van der Waals surface area contributed by atoms with Crippen LogP contribution in [0.1, 0.15) is 32.4 Å². The third-order valence-electron chi connectivity index (χ3n) is 5.00. The van der Waals surface area contributed by atoms with E-state index in [4.69, 9.17) is 0 Å². The van der Waals surface area contributed by atoms with Gasteiger partial charge in [-0.15, -0.1) is 0 Å². The van der Waals surface area contributed by atoms with Crippen molar-refractivity contribution in [1.29, 1.82) is 0 Å². The van der Waals surface area contributed by atoms with Crippen LogP contribution >= 0.6 is 0 Å². The minimum absolute atomic E-state index is 0.0670. The van der Waals surface area contributed by atoms with Crippen LogP contribution in [0.2, 0.25) is 0 Å². The Morgan fingerprint density at radius 1 is 1.32 bits per heavy atom. The van der Waals surface area contributed by atoms with Crippen LogP contribution in [0, 0.1) is 5.41 Å². The van der Waals surface area contributed by atoms with Gasteiger partial charge in [0.15, 0.2) is 5.43 Å². The lowest BCUT2D eigenvalue weighted by molar-refractivity contribution is 0.200. The molecular weight excluding hydrogens is 318 g/mol. The Kier molecular flexibility index (Phi) is 3.30. The molecule has 0 amide bonds. The first kappa shape index (κ1) is 15.9. The third-order valence-corrected chi connectivity index (χ3v) is 5.00. The molecule has 1 atom stereocenters. The second-order valence-electron chi connectivity index (χ2n) is 7.70. The van der Waals surface area contributed by atoms with Crippen molar-refractivity contribution in [1.82, 2.24) is 14.3 Å². The number of aromatic nitrogens is 3. The Hall–Kier alpha value is -2.60. The number of nitrogens with zero attached hydrogens (tertiary/aromatic N) is 3. The number of hydrogen-bond donors (Lipinski definition) is 2. The predicted octanol–water partition coefficient (Wildman–Crippen LogP) is 2.66. The van der Waals surface area contributed by atoms with E-state index in [1.165, 1.54) is 0 Å². The quantitative estimate of drug-likeness (QED) is 0.714. The third kappa shape index (κ3) is 2.28. The van der Waals surface area contributed by atoms with Gasteiger partial charge in [-0.3, -0.25) is 9.48 Å². The molecule has 3 heterocycles. The highest BCUT2D eigenvalue weighted by atomic mass is 16.3. The molecule has 3 aromatic rings. The van der Waals surface area contributed by atoms with E-state index in [-0.39, 0.29) is 29.2 Å². The normalized spacial score (nSPS) is 16.7. The highest BCUT2D eigenvalue weighted by Gasteiger charge is 2.34. The molecule has 0 fully saturated rings. The molecule has 1 aromatic carbocycles. The van der Waals surface area contributed by atoms with Crippen LogP contribution in [0.15, 0.2) is 35.3 Å². The number of pyridine rings is 1. The molecule has 6 nitrogen and oxygen atoms in total. The first-order chi connectivity index (χ1) is 11.8. The largest absolute Gasteiger partial charge is 0.506 e. The van der Waals surface area contributed by atoms with Crippen LogP contribution in [0.3, 0.4) is 0 Å². The number of aromatic hydroxyl groups is 1. The van der Waals surface area contributed by atoms with Gasteiger partial charge in [-0.05, 0) is 11.5 Å². The molecule has 1 aliphatic heterocycles. The van der Waals surface area contributed by atoms with Gasteiger partial charge in [-0.2, -0.15) is 5.10 Å². The number of hydrogen-bond acceptors (Lipinski definition) is 4. The highest BCUT2D eigenvalue weighted by molar-refractivity contribution is 5.96. The number of phenols is 1. The Balaban J connectivity index is 2.10. The van der Waals surface area contributed by atoms with Crippen molar-refractivity contribution in [2.24, 2.45) is 5.41 Å². The predicted molar refractivity (Wildman–Crippen MR) is 95.5 cm³/mol. The van der Waals surface area contributed by atoms with Crippen molar-refractivity contribution in [2.45, 2.75) is 40.0 Å². The summed E-state index contributed by atoms with van der Waals surface area (Å²) in [7, 11) is 0. The van der Waals surface area contributed by atoms with Gasteiger partial charge in [0.05, 0.1) is 30.6 Å². The van der Waals surface area contributed by atoms with E-state index >= 15 is 0 Å². The van der Waals surface area contributed by atoms with E-state index < -0.39 is 0 Å². The zero-order chi connectivity index (χ0) is 17.9. The minimum atomic E-state index is -0.281. The van der Waals surface area contributed by atoms with Gasteiger partial charge in [-0.25, -0.2) is 0 Å². The molecule has 0 radical (unpaired) electrons. The molecule has 0 saturated heterocycles. The van der Waals surface area contributed by atoms with E-state index in [2.05, 4.69) is 30.4 Å². The summed E-state index contributed by atoms with van der Waals surface area (Å²) in [4.78, 5) is 12.4. The molecule has 130 valence electrons. The molecule has 0 aliphatic carbocycles. The van der Waals surface area contributed by atoms with E-state index in [9.17, 15) is 15.0 Å². The molecule has 0 bridgehead atoms. The first-order valence-electron chi connectivity index (χ1n) is 8.36. The molecule has 2 N–H and O–H groups in total. The minimum Gasteiger partial charge on any atom is -0.506 e. The molecule has 1 aliphatic rings. The molecule has 2 aromatic heterocycles. The van der Waals surface area contributed by atoms with Crippen molar-refractivity contribution >= 4 is 10.9 Å². The zero-order valence-corrected chi connectivity index (χ0v) is 14.5. The maximum atomic E-state index is 12.4. The Morgan fingerprint density at radius 3 is 2.76 bits per heavy atom. The number of fused-ring (bicyclic) bond motifs is 5. The molecule has 0 saturated carbocycles. The topological polar surface area (TPSA) is 80.3 Å². The van der Waals surface area contributed by atoms with Crippen LogP contribution in [0.25, 0.3) is 22.3 Å². The van der Waals surface area contributed by atoms with Crippen LogP contribution < -0.4 is 5.43 Å². The van der Waals surface area contributed by atoms with Crippen molar-refractivity contribution in [3.8, 4) is 17.1 Å². The van der Waals surface area contributed by atoms with Crippen molar-refractivity contribution < 1.29 is 10.2 Å². The number of benzene rings is 1. The summed E-state index contributed by atoms with van der Waals surface area (Å²) in [6, 6.07) is 6.93. The SMILES string of the molecule is CC(C)(C)[C@@H]1Cn2nc3c(O)cccc3c2-c2cc(=O)c(CO)cn21. The fourth-order valence-electron chi connectivity index (χ4n) is 3.64. The summed E-state index contributed by atoms with van der Waals surface area (Å²) in [6.45, 7) is 6.78. The van der Waals surface area contributed by atoms with Gasteiger partial charge < -0.3 is 14.8 Å². The first-order valence-corrected chi connectivity index (χ1v) is 8.36. The zero-order valence-electron chi connectivity index (χ0n) is 14.5. The second-order valence-corrected chi connectivity index (χ2v) is 7.70. The van der Waals surface area contributed by atoms with Gasteiger partial charge in [0, 0.05) is 23.2 Å². The van der Waals surface area contributed by atoms with Crippen LogP contribution in [0.4, 0.5) is 0 Å². The van der Waals surface area contributed by atoms with Gasteiger partial charge in [0.25, 0.3) is 0 Å². The molecule has 0 spiro atoms. The molecule has 25 heavy (non-hydrogen) atoms. The summed E-state index contributed by atoms with van der Waals surface area (Å²) >= 11 is 0.